The van der Waals surface area contributed by atoms with Gasteiger partial charge in [-0.05, 0) is 12.1 Å². The van der Waals surface area contributed by atoms with Crippen molar-refractivity contribution in [2.45, 2.75) is 18.6 Å². The van der Waals surface area contributed by atoms with Crippen molar-refractivity contribution in [1.82, 2.24) is 0 Å². The molecule has 0 amide bonds. The van der Waals surface area contributed by atoms with Crippen molar-refractivity contribution >= 4 is 0 Å². The van der Waals surface area contributed by atoms with Crippen molar-refractivity contribution < 1.29 is 22.3 Å². The first-order valence-electron chi connectivity index (χ1n) is 4.68. The summed E-state index contributed by atoms with van der Waals surface area (Å²) in [5.41, 5.74) is 4.60. The molecule has 1 aromatic rings. The highest BCUT2D eigenvalue weighted by Gasteiger charge is 2.38. The van der Waals surface area contributed by atoms with E-state index < -0.39 is 23.6 Å². The van der Waals surface area contributed by atoms with Crippen LogP contribution in [0.4, 0.5) is 17.6 Å². The number of halogens is 4. The number of alkyl halides is 3. The van der Waals surface area contributed by atoms with Crippen LogP contribution in [0.2, 0.25) is 0 Å². The fraction of sp³-hybridized carbons (Fsp3) is 0.400. The van der Waals surface area contributed by atoms with Crippen LogP contribution >= 0.6 is 0 Å². The van der Waals surface area contributed by atoms with E-state index in [0.29, 0.717) is 12.5 Å². The predicted molar refractivity (Wildman–Crippen MR) is 48.4 cm³/mol. The van der Waals surface area contributed by atoms with Gasteiger partial charge in [-0.25, -0.2) is 4.39 Å². The second kappa shape index (κ2) is 3.62. The summed E-state index contributed by atoms with van der Waals surface area (Å²) in [5, 5.41) is 0. The molecule has 0 aliphatic carbocycles. The number of hydrogen-bond donors (Lipinski definition) is 1. The molecule has 1 aromatic carbocycles. The zero-order valence-corrected chi connectivity index (χ0v) is 8.14. The van der Waals surface area contributed by atoms with Gasteiger partial charge in [-0.3, -0.25) is 0 Å². The van der Waals surface area contributed by atoms with Crippen molar-refractivity contribution in [3.8, 4) is 5.75 Å². The highest BCUT2D eigenvalue weighted by Crippen LogP contribution is 2.42. The number of benzene rings is 1. The Kier molecular flexibility index (Phi) is 2.53. The largest absolute Gasteiger partial charge is 0.493 e. The lowest BCUT2D eigenvalue weighted by Gasteiger charge is -2.25. The summed E-state index contributed by atoms with van der Waals surface area (Å²) in [6.07, 6.45) is -4.25. The van der Waals surface area contributed by atoms with Gasteiger partial charge in [-0.2, -0.15) is 13.2 Å². The highest BCUT2D eigenvalue weighted by molar-refractivity contribution is 5.46. The smallest absolute Gasteiger partial charge is 0.420 e. The maximum atomic E-state index is 13.0. The summed E-state index contributed by atoms with van der Waals surface area (Å²) in [7, 11) is 0. The lowest BCUT2D eigenvalue weighted by Crippen LogP contribution is -2.23. The first-order valence-corrected chi connectivity index (χ1v) is 4.68. The van der Waals surface area contributed by atoms with E-state index in [1.165, 1.54) is 0 Å². The third-order valence-electron chi connectivity index (χ3n) is 2.46. The van der Waals surface area contributed by atoms with Crippen LogP contribution in [0.5, 0.6) is 5.75 Å². The molecule has 0 saturated carbocycles. The average Bonchev–Trinajstić information content (AvgIpc) is 2.17. The molecule has 6 heteroatoms. The van der Waals surface area contributed by atoms with Crippen LogP contribution in [0, 0.1) is 5.82 Å². The Morgan fingerprint density at radius 2 is 2.00 bits per heavy atom. The summed E-state index contributed by atoms with van der Waals surface area (Å²) in [5.74, 6) is -1.29. The molecule has 0 radical (unpaired) electrons. The van der Waals surface area contributed by atoms with Crippen molar-refractivity contribution in [2.75, 3.05) is 6.61 Å². The lowest BCUT2D eigenvalue weighted by atomic mass is 9.98. The minimum absolute atomic E-state index is 0.0820. The molecule has 2 rings (SSSR count). The van der Waals surface area contributed by atoms with Gasteiger partial charge in [0, 0.05) is 18.0 Å². The van der Waals surface area contributed by atoms with E-state index in [1.807, 2.05) is 0 Å². The molecule has 2 N–H and O–H groups in total. The van der Waals surface area contributed by atoms with E-state index >= 15 is 0 Å². The van der Waals surface area contributed by atoms with Gasteiger partial charge in [0.05, 0.1) is 6.61 Å². The maximum absolute atomic E-state index is 13.0. The molecule has 0 fully saturated rings. The standard InChI is InChI=1S/C10H9F4NO/c11-5-3-6-8(15)1-2-16-9(6)7(4-5)10(12,13)14/h3-4,8H,1-2,15H2/t8-/m0/s1. The molecule has 0 bridgehead atoms. The van der Waals surface area contributed by atoms with Gasteiger partial charge in [0.15, 0.2) is 0 Å². The highest BCUT2D eigenvalue weighted by atomic mass is 19.4. The first-order chi connectivity index (χ1) is 7.39. The van der Waals surface area contributed by atoms with Crippen LogP contribution in [-0.2, 0) is 6.18 Å². The molecule has 0 spiro atoms. The molecule has 88 valence electrons. The van der Waals surface area contributed by atoms with Crippen LogP contribution in [0.3, 0.4) is 0 Å². The molecule has 1 heterocycles. The van der Waals surface area contributed by atoms with Gasteiger partial charge in [0.2, 0.25) is 0 Å². The molecule has 1 aliphatic rings. The molecular formula is C10H9F4NO. The molecule has 0 unspecified atom stereocenters. The van der Waals surface area contributed by atoms with Crippen molar-refractivity contribution in [3.63, 3.8) is 0 Å². The number of ether oxygens (including phenoxy) is 1. The summed E-state index contributed by atoms with van der Waals surface area (Å²) in [6, 6.07) is 0.811. The molecule has 2 nitrogen and oxygen atoms in total. The third-order valence-corrected chi connectivity index (χ3v) is 2.46. The maximum Gasteiger partial charge on any atom is 0.420 e. The zero-order chi connectivity index (χ0) is 11.9. The van der Waals surface area contributed by atoms with Gasteiger partial charge in [-0.1, -0.05) is 0 Å². The Labute approximate surface area is 89.0 Å². The first kappa shape index (κ1) is 11.2. The molecule has 1 atom stereocenters. The number of hydrogen-bond acceptors (Lipinski definition) is 2. The normalized spacial score (nSPS) is 20.2. The van der Waals surface area contributed by atoms with E-state index in [1.54, 1.807) is 0 Å². The van der Waals surface area contributed by atoms with Gasteiger partial charge in [0.25, 0.3) is 0 Å². The van der Waals surface area contributed by atoms with Crippen molar-refractivity contribution in [2.24, 2.45) is 5.73 Å². The van der Waals surface area contributed by atoms with Crippen molar-refractivity contribution in [3.05, 3.63) is 29.1 Å². The third kappa shape index (κ3) is 1.84. The Hall–Kier alpha value is -1.30. The van der Waals surface area contributed by atoms with Crippen LogP contribution in [0.1, 0.15) is 23.6 Å². The summed E-state index contributed by atoms with van der Waals surface area (Å²) in [4.78, 5) is 0. The van der Waals surface area contributed by atoms with Crippen molar-refractivity contribution in [1.29, 1.82) is 0 Å². The molecule has 0 saturated heterocycles. The minimum Gasteiger partial charge on any atom is -0.493 e. The topological polar surface area (TPSA) is 35.2 Å². The summed E-state index contributed by atoms with van der Waals surface area (Å²) >= 11 is 0. The van der Waals surface area contributed by atoms with Gasteiger partial charge < -0.3 is 10.5 Å². The minimum atomic E-state index is -4.64. The average molecular weight is 235 g/mol. The van der Waals surface area contributed by atoms with Gasteiger partial charge in [0.1, 0.15) is 17.1 Å². The Bertz CT molecular complexity index is 416. The SMILES string of the molecule is N[C@H]1CCOc2c1cc(F)cc2C(F)(F)F. The summed E-state index contributed by atoms with van der Waals surface area (Å²) in [6.45, 7) is 0.114. The van der Waals surface area contributed by atoms with E-state index in [9.17, 15) is 17.6 Å². The second-order valence-corrected chi connectivity index (χ2v) is 3.61. The number of nitrogens with two attached hydrogens (primary N) is 1. The predicted octanol–water partition coefficient (Wildman–Crippen LogP) is 2.63. The van der Waals surface area contributed by atoms with E-state index in [0.717, 1.165) is 6.07 Å². The lowest BCUT2D eigenvalue weighted by molar-refractivity contribution is -0.139. The molecule has 0 aromatic heterocycles. The zero-order valence-electron chi connectivity index (χ0n) is 8.14. The van der Waals surface area contributed by atoms with E-state index in [-0.39, 0.29) is 17.9 Å². The van der Waals surface area contributed by atoms with Crippen LogP contribution in [0.25, 0.3) is 0 Å². The Morgan fingerprint density at radius 1 is 1.31 bits per heavy atom. The fourth-order valence-corrected chi connectivity index (χ4v) is 1.71. The molecular weight excluding hydrogens is 226 g/mol. The monoisotopic (exact) mass is 235 g/mol. The summed E-state index contributed by atoms with van der Waals surface area (Å²) < 4.78 is 55.8. The molecule has 1 aliphatic heterocycles. The van der Waals surface area contributed by atoms with Gasteiger partial charge >= 0.3 is 6.18 Å². The number of fused-ring (bicyclic) bond motifs is 1. The second-order valence-electron chi connectivity index (χ2n) is 3.61. The quantitative estimate of drug-likeness (QED) is 0.701. The van der Waals surface area contributed by atoms with E-state index in [4.69, 9.17) is 10.5 Å². The van der Waals surface area contributed by atoms with Crippen LogP contribution in [-0.4, -0.2) is 6.61 Å². The van der Waals surface area contributed by atoms with Crippen LogP contribution in [0.15, 0.2) is 12.1 Å². The Balaban J connectivity index is 2.62. The molecule has 16 heavy (non-hydrogen) atoms. The van der Waals surface area contributed by atoms with E-state index in [2.05, 4.69) is 0 Å². The fourth-order valence-electron chi connectivity index (χ4n) is 1.71. The number of rotatable bonds is 0. The van der Waals surface area contributed by atoms with Gasteiger partial charge in [-0.15, -0.1) is 0 Å². The Morgan fingerprint density at radius 3 is 2.62 bits per heavy atom. The van der Waals surface area contributed by atoms with Crippen LogP contribution < -0.4 is 10.5 Å².